The molecule has 1 fully saturated rings. The topological polar surface area (TPSA) is 93.3 Å². The van der Waals surface area contributed by atoms with Crippen LogP contribution in [0.4, 0.5) is 16.2 Å². The molecule has 6 nitrogen and oxygen atoms in total. The van der Waals surface area contributed by atoms with Crippen molar-refractivity contribution in [2.45, 2.75) is 51.5 Å². The first kappa shape index (κ1) is 20.4. The molecule has 0 saturated heterocycles. The highest BCUT2D eigenvalue weighted by Crippen LogP contribution is 2.30. The summed E-state index contributed by atoms with van der Waals surface area (Å²) < 4.78 is 24.5. The lowest BCUT2D eigenvalue weighted by atomic mass is 10.0. The van der Waals surface area contributed by atoms with Gasteiger partial charge in [-0.15, -0.1) is 0 Å². The van der Waals surface area contributed by atoms with E-state index in [0.717, 1.165) is 35.2 Å². The van der Waals surface area contributed by atoms with Gasteiger partial charge in [0.05, 0.1) is 5.69 Å². The van der Waals surface area contributed by atoms with Crippen molar-refractivity contribution in [1.29, 1.82) is 0 Å². The van der Waals surface area contributed by atoms with E-state index in [1.165, 1.54) is 25.7 Å². The molecule has 1 aliphatic rings. The van der Waals surface area contributed by atoms with Crippen LogP contribution in [0.5, 0.6) is 0 Å². The molecule has 3 rings (SSSR count). The number of aryl methyl sites for hydroxylation is 1. The fourth-order valence-electron chi connectivity index (χ4n) is 3.65. The SMILES string of the molecule is Cc1cc(-c2ccccc2NS(=O)[O-])ccc1NC(=O)NC1CCCCCC1. The van der Waals surface area contributed by atoms with Crippen molar-refractivity contribution < 1.29 is 13.6 Å². The molecule has 150 valence electrons. The van der Waals surface area contributed by atoms with Crippen molar-refractivity contribution in [3.05, 3.63) is 48.0 Å². The quantitative estimate of drug-likeness (QED) is 0.501. The molecule has 0 heterocycles. The fraction of sp³-hybridized carbons (Fsp3) is 0.381. The van der Waals surface area contributed by atoms with Crippen molar-refractivity contribution in [1.82, 2.24) is 5.32 Å². The first-order valence-electron chi connectivity index (χ1n) is 9.66. The molecular formula is C21H26N3O3S-. The Labute approximate surface area is 168 Å². The minimum atomic E-state index is -2.39. The minimum absolute atomic E-state index is 0.174. The highest BCUT2D eigenvalue weighted by atomic mass is 32.2. The second kappa shape index (κ2) is 9.71. The number of carbonyl (C=O) groups is 1. The van der Waals surface area contributed by atoms with Crippen LogP contribution < -0.4 is 15.4 Å². The molecule has 1 saturated carbocycles. The zero-order valence-electron chi connectivity index (χ0n) is 16.0. The van der Waals surface area contributed by atoms with E-state index in [1.807, 2.05) is 37.3 Å². The molecule has 7 heteroatoms. The van der Waals surface area contributed by atoms with Crippen LogP contribution in [0.2, 0.25) is 0 Å². The van der Waals surface area contributed by atoms with Gasteiger partial charge in [0.2, 0.25) is 0 Å². The Kier molecular flexibility index (Phi) is 7.06. The molecule has 0 aromatic heterocycles. The molecule has 1 atom stereocenters. The van der Waals surface area contributed by atoms with Gasteiger partial charge in [0.15, 0.2) is 0 Å². The van der Waals surface area contributed by atoms with E-state index >= 15 is 0 Å². The zero-order chi connectivity index (χ0) is 19.9. The summed E-state index contributed by atoms with van der Waals surface area (Å²) in [6.07, 6.45) is 6.90. The lowest BCUT2D eigenvalue weighted by Gasteiger charge is -2.18. The Hall–Kier alpha value is -2.38. The van der Waals surface area contributed by atoms with Gasteiger partial charge in [-0.2, -0.15) is 0 Å². The summed E-state index contributed by atoms with van der Waals surface area (Å²) in [6, 6.07) is 12.9. The maximum Gasteiger partial charge on any atom is 0.319 e. The van der Waals surface area contributed by atoms with Gasteiger partial charge in [0.1, 0.15) is 0 Å². The predicted molar refractivity (Wildman–Crippen MR) is 113 cm³/mol. The Bertz CT molecular complexity index is 849. The second-order valence-corrected chi connectivity index (χ2v) is 7.87. The van der Waals surface area contributed by atoms with E-state index in [2.05, 4.69) is 15.4 Å². The number of hydrogen-bond acceptors (Lipinski definition) is 3. The molecule has 1 aliphatic carbocycles. The monoisotopic (exact) mass is 400 g/mol. The van der Waals surface area contributed by atoms with Crippen LogP contribution in [0.1, 0.15) is 44.1 Å². The maximum atomic E-state index is 12.4. The number of amides is 2. The number of hydrogen-bond donors (Lipinski definition) is 3. The van der Waals surface area contributed by atoms with E-state index in [4.69, 9.17) is 0 Å². The first-order chi connectivity index (χ1) is 13.5. The summed E-state index contributed by atoms with van der Waals surface area (Å²) >= 11 is -2.39. The van der Waals surface area contributed by atoms with Crippen molar-refractivity contribution in [3.63, 3.8) is 0 Å². The van der Waals surface area contributed by atoms with E-state index in [0.29, 0.717) is 5.69 Å². The summed E-state index contributed by atoms with van der Waals surface area (Å²) in [6.45, 7) is 1.92. The van der Waals surface area contributed by atoms with Crippen LogP contribution in [0.15, 0.2) is 42.5 Å². The molecule has 1 unspecified atom stereocenters. The minimum Gasteiger partial charge on any atom is -0.755 e. The molecule has 2 aromatic rings. The number of rotatable bonds is 5. The fourth-order valence-corrected chi connectivity index (χ4v) is 4.01. The highest BCUT2D eigenvalue weighted by Gasteiger charge is 2.15. The van der Waals surface area contributed by atoms with Gasteiger partial charge in [0, 0.05) is 28.6 Å². The molecular weight excluding hydrogens is 374 g/mol. The van der Waals surface area contributed by atoms with E-state index < -0.39 is 11.3 Å². The average molecular weight is 401 g/mol. The van der Waals surface area contributed by atoms with Gasteiger partial charge in [-0.1, -0.05) is 49.9 Å². The van der Waals surface area contributed by atoms with Gasteiger partial charge in [-0.3, -0.25) is 4.21 Å². The molecule has 0 radical (unpaired) electrons. The molecule has 28 heavy (non-hydrogen) atoms. The molecule has 2 aromatic carbocycles. The predicted octanol–water partition coefficient (Wildman–Crippen LogP) is 4.71. The third-order valence-electron chi connectivity index (χ3n) is 5.10. The average Bonchev–Trinajstić information content (AvgIpc) is 2.92. The Morgan fingerprint density at radius 3 is 2.43 bits per heavy atom. The van der Waals surface area contributed by atoms with Gasteiger partial charge < -0.3 is 19.9 Å². The van der Waals surface area contributed by atoms with Gasteiger partial charge in [-0.25, -0.2) is 4.79 Å². The van der Waals surface area contributed by atoms with Gasteiger partial charge in [0.25, 0.3) is 0 Å². The number of urea groups is 1. The maximum absolute atomic E-state index is 12.4. The number of anilines is 2. The first-order valence-corrected chi connectivity index (χ1v) is 10.7. The van der Waals surface area contributed by atoms with Crippen LogP contribution >= 0.6 is 0 Å². The molecule has 0 spiro atoms. The third-order valence-corrected chi connectivity index (χ3v) is 5.48. The molecule has 0 aliphatic heterocycles. The van der Waals surface area contributed by atoms with Gasteiger partial charge >= 0.3 is 6.03 Å². The zero-order valence-corrected chi connectivity index (χ0v) is 16.8. The molecule has 3 N–H and O–H groups in total. The van der Waals surface area contributed by atoms with Crippen LogP contribution in [0.3, 0.4) is 0 Å². The smallest absolute Gasteiger partial charge is 0.319 e. The summed E-state index contributed by atoms with van der Waals surface area (Å²) in [5.41, 5.74) is 3.83. The van der Waals surface area contributed by atoms with Gasteiger partial charge in [-0.05, 0) is 49.1 Å². The van der Waals surface area contributed by atoms with Crippen molar-refractivity contribution in [2.75, 3.05) is 10.0 Å². The third kappa shape index (κ3) is 5.56. The van der Waals surface area contributed by atoms with E-state index in [9.17, 15) is 13.6 Å². The van der Waals surface area contributed by atoms with Crippen LogP contribution in [-0.2, 0) is 11.3 Å². The Morgan fingerprint density at radius 1 is 1.04 bits per heavy atom. The molecule has 0 bridgehead atoms. The summed E-state index contributed by atoms with van der Waals surface area (Å²) in [5.74, 6) is 0. The van der Waals surface area contributed by atoms with Crippen LogP contribution in [0.25, 0.3) is 11.1 Å². The number of nitrogens with one attached hydrogen (secondary N) is 3. The summed E-state index contributed by atoms with van der Waals surface area (Å²) in [4.78, 5) is 12.4. The molecule has 2 amide bonds. The van der Waals surface area contributed by atoms with Crippen molar-refractivity contribution in [2.24, 2.45) is 0 Å². The highest BCUT2D eigenvalue weighted by molar-refractivity contribution is 7.80. The van der Waals surface area contributed by atoms with Crippen molar-refractivity contribution >= 4 is 28.7 Å². The largest absolute Gasteiger partial charge is 0.755 e. The number of benzene rings is 2. The Morgan fingerprint density at radius 2 is 1.75 bits per heavy atom. The standard InChI is InChI=1S/C21H27N3O3S/c1-15-14-16(18-10-6-7-11-20(18)24-28(26)27)12-13-19(15)23-21(25)22-17-8-4-2-3-5-9-17/h6-7,10-14,17,24H,2-5,8-9H2,1H3,(H,26,27)(H2,22,23,25)/p-1. The van der Waals surface area contributed by atoms with Crippen LogP contribution in [0, 0.1) is 6.92 Å². The Balaban J connectivity index is 1.70. The van der Waals surface area contributed by atoms with E-state index in [1.54, 1.807) is 12.1 Å². The van der Waals surface area contributed by atoms with E-state index in [-0.39, 0.29) is 12.1 Å². The van der Waals surface area contributed by atoms with Crippen LogP contribution in [-0.4, -0.2) is 20.8 Å². The van der Waals surface area contributed by atoms with Crippen molar-refractivity contribution in [3.8, 4) is 11.1 Å². The summed E-state index contributed by atoms with van der Waals surface area (Å²) in [5, 5.41) is 6.02. The number of para-hydroxylation sites is 1. The normalized spacial score (nSPS) is 16.1. The summed E-state index contributed by atoms with van der Waals surface area (Å²) in [7, 11) is 0. The second-order valence-electron chi connectivity index (χ2n) is 7.20. The lowest BCUT2D eigenvalue weighted by Crippen LogP contribution is -2.37. The number of carbonyl (C=O) groups excluding carboxylic acids is 1. The lowest BCUT2D eigenvalue weighted by molar-refractivity contribution is 0.247.